The zero-order valence-corrected chi connectivity index (χ0v) is 21.2. The van der Waals surface area contributed by atoms with Crippen LogP contribution in [0.4, 0.5) is 0 Å². The fraction of sp³-hybridized carbons (Fsp3) is 0.393. The molecule has 1 N–H and O–H groups in total. The van der Waals surface area contributed by atoms with Gasteiger partial charge in [0.1, 0.15) is 0 Å². The van der Waals surface area contributed by atoms with Crippen LogP contribution in [0.5, 0.6) is 0 Å². The number of carbonyl (C=O) groups is 1. The largest absolute Gasteiger partial charge is 0.361 e. The highest BCUT2D eigenvalue weighted by Gasteiger charge is 2.34. The lowest BCUT2D eigenvalue weighted by atomic mass is 9.94. The Labute approximate surface area is 207 Å². The lowest BCUT2D eigenvalue weighted by Gasteiger charge is -2.34. The molecular weight excluding hydrogens is 458 g/mol. The van der Waals surface area contributed by atoms with E-state index >= 15 is 0 Å². The summed E-state index contributed by atoms with van der Waals surface area (Å²) in [6, 6.07) is 15.5. The number of amides is 1. The van der Waals surface area contributed by atoms with Gasteiger partial charge in [0.2, 0.25) is 15.9 Å². The molecule has 0 saturated carbocycles. The minimum absolute atomic E-state index is 0.118. The molecule has 1 fully saturated rings. The van der Waals surface area contributed by atoms with Crippen molar-refractivity contribution in [3.8, 4) is 0 Å². The molecule has 2 aliphatic rings. The van der Waals surface area contributed by atoms with Crippen LogP contribution < -0.4 is 0 Å². The van der Waals surface area contributed by atoms with E-state index in [9.17, 15) is 13.2 Å². The number of fused-ring (bicyclic) bond motifs is 1. The quantitative estimate of drug-likeness (QED) is 0.545. The van der Waals surface area contributed by atoms with Gasteiger partial charge < -0.3 is 9.88 Å². The Morgan fingerprint density at radius 2 is 1.71 bits per heavy atom. The summed E-state index contributed by atoms with van der Waals surface area (Å²) in [7, 11) is -3.53. The summed E-state index contributed by atoms with van der Waals surface area (Å²) in [6.07, 6.45) is 6.18. The second-order valence-corrected chi connectivity index (χ2v) is 11.9. The maximum Gasteiger partial charge on any atom is 0.243 e. The number of benzene rings is 2. The molecule has 0 aliphatic carbocycles. The summed E-state index contributed by atoms with van der Waals surface area (Å²) < 4.78 is 27.8. The topological polar surface area (TPSA) is 73.5 Å². The van der Waals surface area contributed by atoms with Gasteiger partial charge in [-0.15, -0.1) is 0 Å². The molecule has 2 aromatic carbocycles. The van der Waals surface area contributed by atoms with Gasteiger partial charge in [0.25, 0.3) is 0 Å². The molecule has 5 rings (SSSR count). The number of nitrogens with one attached hydrogen (secondary N) is 1. The highest BCUT2D eigenvalue weighted by atomic mass is 32.2. The number of carbonyl (C=O) groups excluding carboxylic acids is 1. The smallest absolute Gasteiger partial charge is 0.243 e. The number of hydrogen-bond donors (Lipinski definition) is 1. The van der Waals surface area contributed by atoms with Crippen molar-refractivity contribution in [2.24, 2.45) is 5.92 Å². The molecule has 3 heterocycles. The van der Waals surface area contributed by atoms with Crippen LogP contribution in [0.3, 0.4) is 0 Å². The van der Waals surface area contributed by atoms with Gasteiger partial charge in [0, 0.05) is 54.8 Å². The average molecular weight is 492 g/mol. The number of nitrogens with zero attached hydrogens (tertiary/aromatic N) is 2. The summed E-state index contributed by atoms with van der Waals surface area (Å²) in [6.45, 7) is 6.25. The molecule has 0 unspecified atom stereocenters. The molecule has 184 valence electrons. The Morgan fingerprint density at radius 3 is 2.37 bits per heavy atom. The van der Waals surface area contributed by atoms with Gasteiger partial charge >= 0.3 is 0 Å². The second kappa shape index (κ2) is 9.63. The van der Waals surface area contributed by atoms with E-state index in [4.69, 9.17) is 0 Å². The van der Waals surface area contributed by atoms with Crippen LogP contribution in [-0.2, 0) is 14.8 Å². The summed E-state index contributed by atoms with van der Waals surface area (Å²) in [4.78, 5) is 18.8. The van der Waals surface area contributed by atoms with Gasteiger partial charge in [0.15, 0.2) is 0 Å². The highest BCUT2D eigenvalue weighted by Crippen LogP contribution is 2.31. The number of hydrogen-bond acceptors (Lipinski definition) is 3. The van der Waals surface area contributed by atoms with Gasteiger partial charge in [-0.1, -0.05) is 50.3 Å². The molecule has 2 aliphatic heterocycles. The third-order valence-electron chi connectivity index (χ3n) is 7.44. The van der Waals surface area contributed by atoms with Crippen molar-refractivity contribution >= 4 is 32.4 Å². The molecule has 7 heteroatoms. The van der Waals surface area contributed by atoms with Crippen LogP contribution in [0.1, 0.15) is 50.2 Å². The highest BCUT2D eigenvalue weighted by molar-refractivity contribution is 7.89. The minimum atomic E-state index is -3.53. The van der Waals surface area contributed by atoms with E-state index in [1.54, 1.807) is 12.1 Å². The molecular formula is C28H33N3O3S. The lowest BCUT2D eigenvalue weighted by molar-refractivity contribution is -0.136. The van der Waals surface area contributed by atoms with Crippen molar-refractivity contribution < 1.29 is 13.2 Å². The van der Waals surface area contributed by atoms with Crippen molar-refractivity contribution in [1.29, 1.82) is 0 Å². The van der Waals surface area contributed by atoms with Gasteiger partial charge in [0.05, 0.1) is 4.90 Å². The third kappa shape index (κ3) is 4.67. The zero-order chi connectivity index (χ0) is 24.6. The molecule has 1 amide bonds. The fourth-order valence-corrected chi connectivity index (χ4v) is 6.70. The molecule has 3 aromatic rings. The average Bonchev–Trinajstić information content (AvgIpc) is 3.33. The van der Waals surface area contributed by atoms with Gasteiger partial charge in [-0.25, -0.2) is 8.42 Å². The predicted molar refractivity (Wildman–Crippen MR) is 139 cm³/mol. The van der Waals surface area contributed by atoms with Crippen molar-refractivity contribution in [2.45, 2.75) is 43.9 Å². The first-order chi connectivity index (χ1) is 16.8. The van der Waals surface area contributed by atoms with Gasteiger partial charge in [-0.2, -0.15) is 4.31 Å². The van der Waals surface area contributed by atoms with Crippen molar-refractivity contribution in [2.75, 3.05) is 26.2 Å². The van der Waals surface area contributed by atoms with E-state index in [1.165, 1.54) is 20.8 Å². The van der Waals surface area contributed by atoms with Crippen molar-refractivity contribution in [3.05, 3.63) is 71.9 Å². The Morgan fingerprint density at radius 1 is 1.00 bits per heavy atom. The van der Waals surface area contributed by atoms with E-state index in [1.807, 2.05) is 29.2 Å². The van der Waals surface area contributed by atoms with Crippen LogP contribution in [0.15, 0.2) is 65.7 Å². The van der Waals surface area contributed by atoms with E-state index < -0.39 is 10.0 Å². The van der Waals surface area contributed by atoms with Crippen molar-refractivity contribution in [3.63, 3.8) is 0 Å². The summed E-state index contributed by atoms with van der Waals surface area (Å²) in [5.41, 5.74) is 4.74. The Kier molecular flexibility index (Phi) is 6.55. The van der Waals surface area contributed by atoms with Gasteiger partial charge in [-0.05, 0) is 54.5 Å². The molecule has 0 bridgehead atoms. The molecule has 1 saturated heterocycles. The first-order valence-corrected chi connectivity index (χ1v) is 13.9. The fourth-order valence-electron chi connectivity index (χ4n) is 5.23. The second-order valence-electron chi connectivity index (χ2n) is 9.91. The first kappa shape index (κ1) is 23.8. The summed E-state index contributed by atoms with van der Waals surface area (Å²) >= 11 is 0. The lowest BCUT2D eigenvalue weighted by Crippen LogP contribution is -2.45. The normalized spacial score (nSPS) is 18.3. The van der Waals surface area contributed by atoms with Crippen LogP contribution in [0, 0.1) is 5.92 Å². The summed E-state index contributed by atoms with van der Waals surface area (Å²) in [5, 5.41) is 1.21. The predicted octanol–water partition coefficient (Wildman–Crippen LogP) is 5.01. The number of para-hydroxylation sites is 1. The number of rotatable bonds is 5. The maximum absolute atomic E-state index is 13.2. The molecule has 6 nitrogen and oxygen atoms in total. The van der Waals surface area contributed by atoms with E-state index in [0.717, 1.165) is 17.5 Å². The number of sulfonamides is 1. The molecule has 1 aromatic heterocycles. The molecule has 35 heavy (non-hydrogen) atoms. The first-order valence-electron chi connectivity index (χ1n) is 12.5. The number of aromatic nitrogens is 1. The van der Waals surface area contributed by atoms with Crippen LogP contribution in [-0.4, -0.2) is 54.7 Å². The Bertz CT molecular complexity index is 1350. The van der Waals surface area contributed by atoms with Crippen molar-refractivity contribution in [1.82, 2.24) is 14.2 Å². The standard InChI is InChI=1S/C28H33N3O3S/c1-20(2)21-7-9-24(10-8-21)35(33,34)31-17-13-23(14-18-31)28(32)30-15-11-22(12-16-30)26-19-29-27-6-4-3-5-25(26)27/h3-11,19-20,23,29H,12-18H2,1-2H3. The zero-order valence-electron chi connectivity index (χ0n) is 20.4. The Hall–Kier alpha value is -2.90. The van der Waals surface area contributed by atoms with Crippen LogP contribution in [0.25, 0.3) is 16.5 Å². The SMILES string of the molecule is CC(C)c1ccc(S(=O)(=O)N2CCC(C(=O)N3CC=C(c4c[nH]c5ccccc45)CC3)CC2)cc1. The van der Waals surface area contributed by atoms with Crippen LogP contribution in [0.2, 0.25) is 0 Å². The third-order valence-corrected chi connectivity index (χ3v) is 9.36. The van der Waals surface area contributed by atoms with E-state index in [2.05, 4.69) is 43.2 Å². The number of H-pyrrole nitrogens is 1. The number of piperidine rings is 1. The maximum atomic E-state index is 13.2. The minimum Gasteiger partial charge on any atom is -0.361 e. The molecule has 0 radical (unpaired) electrons. The Balaban J connectivity index is 1.19. The van der Waals surface area contributed by atoms with E-state index in [0.29, 0.717) is 49.8 Å². The molecule has 0 spiro atoms. The van der Waals surface area contributed by atoms with E-state index in [-0.39, 0.29) is 11.8 Å². The van der Waals surface area contributed by atoms with Crippen LogP contribution >= 0.6 is 0 Å². The summed E-state index contributed by atoms with van der Waals surface area (Å²) in [5.74, 6) is 0.391. The van der Waals surface area contributed by atoms with Gasteiger partial charge in [-0.3, -0.25) is 4.79 Å². The number of aromatic amines is 1. The monoisotopic (exact) mass is 491 g/mol. The molecule has 0 atom stereocenters.